The van der Waals surface area contributed by atoms with Crippen LogP contribution in [0.1, 0.15) is 51.5 Å². The third kappa shape index (κ3) is 1.42. The number of benzene rings is 1. The van der Waals surface area contributed by atoms with Crippen molar-refractivity contribution in [1.82, 2.24) is 0 Å². The highest BCUT2D eigenvalue weighted by Gasteiger charge is 2.69. The largest absolute Gasteiger partial charge is 0.313 e. The fourth-order valence-electron chi connectivity index (χ4n) is 6.47. The molecule has 20 heavy (non-hydrogen) atoms. The third-order valence-corrected chi connectivity index (χ3v) is 6.62. The van der Waals surface area contributed by atoms with Crippen LogP contribution < -0.4 is 11.5 Å². The molecule has 0 radical (unpaired) electrons. The second-order valence-corrected chi connectivity index (χ2v) is 8.64. The standard InChI is InChI=1S/C18H26N2/c1-15-8-14-9-16(2,10-15)12-17(11-15,18(14,19)20)13-6-4-3-5-7-13/h3-7,14H,8-12,19-20H2,1-2H3. The van der Waals surface area contributed by atoms with Gasteiger partial charge in [-0.1, -0.05) is 44.2 Å². The van der Waals surface area contributed by atoms with Gasteiger partial charge in [0.05, 0.1) is 5.66 Å². The molecule has 4 aliphatic rings. The fraction of sp³-hybridized carbons (Fsp3) is 0.667. The van der Waals surface area contributed by atoms with E-state index in [1.54, 1.807) is 0 Å². The zero-order chi connectivity index (χ0) is 14.2. The maximum atomic E-state index is 6.77. The minimum Gasteiger partial charge on any atom is -0.313 e. The molecule has 4 aliphatic carbocycles. The van der Waals surface area contributed by atoms with E-state index in [2.05, 4.69) is 44.2 Å². The third-order valence-electron chi connectivity index (χ3n) is 6.62. The van der Waals surface area contributed by atoms with Crippen molar-refractivity contribution in [1.29, 1.82) is 0 Å². The van der Waals surface area contributed by atoms with Crippen molar-refractivity contribution in [3.8, 4) is 0 Å². The Morgan fingerprint density at radius 1 is 0.900 bits per heavy atom. The topological polar surface area (TPSA) is 52.0 Å². The van der Waals surface area contributed by atoms with Crippen LogP contribution in [0.15, 0.2) is 30.3 Å². The smallest absolute Gasteiger partial charge is 0.0765 e. The minimum absolute atomic E-state index is 0.0306. The Balaban J connectivity index is 1.93. The Bertz CT molecular complexity index is 530. The Labute approximate surface area is 121 Å². The van der Waals surface area contributed by atoms with Gasteiger partial charge in [0, 0.05) is 5.41 Å². The highest BCUT2D eigenvalue weighted by atomic mass is 15.0. The van der Waals surface area contributed by atoms with E-state index in [-0.39, 0.29) is 5.41 Å². The van der Waals surface area contributed by atoms with E-state index in [1.807, 2.05) is 0 Å². The SMILES string of the molecule is CC12CC3CC(C)(C1)CC(c1ccccc1)(C2)C3(N)N. The summed E-state index contributed by atoms with van der Waals surface area (Å²) in [7, 11) is 0. The Morgan fingerprint density at radius 3 is 2.00 bits per heavy atom. The van der Waals surface area contributed by atoms with Crippen molar-refractivity contribution in [2.75, 3.05) is 0 Å². The highest BCUT2D eigenvalue weighted by molar-refractivity contribution is 5.37. The predicted octanol–water partition coefficient (Wildman–Crippen LogP) is 3.16. The first-order chi connectivity index (χ1) is 9.29. The summed E-state index contributed by atoms with van der Waals surface area (Å²) in [4.78, 5) is 0. The molecular formula is C18H26N2. The molecule has 2 nitrogen and oxygen atoms in total. The Morgan fingerprint density at radius 2 is 1.45 bits per heavy atom. The summed E-state index contributed by atoms with van der Waals surface area (Å²) in [5.41, 5.74) is 15.2. The fourth-order valence-corrected chi connectivity index (χ4v) is 6.47. The first-order valence-corrected chi connectivity index (χ1v) is 7.92. The number of rotatable bonds is 1. The lowest BCUT2D eigenvalue weighted by molar-refractivity contribution is -0.158. The lowest BCUT2D eigenvalue weighted by Crippen LogP contribution is -2.78. The van der Waals surface area contributed by atoms with Gasteiger partial charge in [0.2, 0.25) is 0 Å². The summed E-state index contributed by atoms with van der Waals surface area (Å²) in [5.74, 6) is 0.467. The quantitative estimate of drug-likeness (QED) is 0.770. The molecule has 4 saturated carbocycles. The molecule has 0 saturated heterocycles. The van der Waals surface area contributed by atoms with Gasteiger partial charge in [0.25, 0.3) is 0 Å². The van der Waals surface area contributed by atoms with Crippen molar-refractivity contribution >= 4 is 0 Å². The van der Waals surface area contributed by atoms with Gasteiger partial charge in [0.15, 0.2) is 0 Å². The van der Waals surface area contributed by atoms with Crippen molar-refractivity contribution in [2.45, 2.75) is 57.0 Å². The molecule has 0 aromatic heterocycles. The molecule has 0 spiro atoms. The van der Waals surface area contributed by atoms with Crippen LogP contribution in [-0.2, 0) is 5.41 Å². The van der Waals surface area contributed by atoms with Crippen LogP contribution in [0.3, 0.4) is 0 Å². The zero-order valence-electron chi connectivity index (χ0n) is 12.7. The molecule has 0 amide bonds. The molecule has 0 heterocycles. The molecule has 2 atom stereocenters. The van der Waals surface area contributed by atoms with Gasteiger partial charge < -0.3 is 11.5 Å². The first-order valence-electron chi connectivity index (χ1n) is 7.92. The van der Waals surface area contributed by atoms with Crippen LogP contribution in [-0.4, -0.2) is 5.66 Å². The second kappa shape index (κ2) is 3.48. The summed E-state index contributed by atoms with van der Waals surface area (Å²) in [6, 6.07) is 10.8. The first kappa shape index (κ1) is 12.8. The van der Waals surface area contributed by atoms with Crippen molar-refractivity contribution in [2.24, 2.45) is 28.2 Å². The van der Waals surface area contributed by atoms with Gasteiger partial charge in [-0.2, -0.15) is 0 Å². The van der Waals surface area contributed by atoms with E-state index in [1.165, 1.54) is 24.8 Å². The molecule has 4 fully saturated rings. The molecule has 1 aromatic carbocycles. The van der Waals surface area contributed by atoms with E-state index in [0.717, 1.165) is 12.8 Å². The molecule has 5 rings (SSSR count). The predicted molar refractivity (Wildman–Crippen MR) is 82.0 cm³/mol. The monoisotopic (exact) mass is 270 g/mol. The van der Waals surface area contributed by atoms with Gasteiger partial charge in [-0.3, -0.25) is 0 Å². The molecule has 0 aliphatic heterocycles. The molecule has 2 heteroatoms. The van der Waals surface area contributed by atoms with Crippen molar-refractivity contribution in [3.63, 3.8) is 0 Å². The van der Waals surface area contributed by atoms with Gasteiger partial charge in [0.1, 0.15) is 0 Å². The van der Waals surface area contributed by atoms with E-state index >= 15 is 0 Å². The molecule has 2 unspecified atom stereocenters. The van der Waals surface area contributed by atoms with E-state index in [9.17, 15) is 0 Å². The lowest BCUT2D eigenvalue weighted by Gasteiger charge is -2.71. The molecule has 1 aromatic rings. The average Bonchev–Trinajstić information content (AvgIpc) is 2.34. The van der Waals surface area contributed by atoms with Crippen LogP contribution in [0.5, 0.6) is 0 Å². The van der Waals surface area contributed by atoms with Crippen molar-refractivity contribution in [3.05, 3.63) is 35.9 Å². The van der Waals surface area contributed by atoms with Gasteiger partial charge >= 0.3 is 0 Å². The number of nitrogens with two attached hydrogens (primary N) is 2. The Kier molecular flexibility index (Phi) is 2.23. The summed E-state index contributed by atoms with van der Waals surface area (Å²) >= 11 is 0. The highest BCUT2D eigenvalue weighted by Crippen LogP contribution is 2.71. The van der Waals surface area contributed by atoms with E-state index in [0.29, 0.717) is 16.7 Å². The maximum Gasteiger partial charge on any atom is 0.0765 e. The average molecular weight is 270 g/mol. The molecule has 4 bridgehead atoms. The maximum absolute atomic E-state index is 6.77. The van der Waals surface area contributed by atoms with Crippen LogP contribution in [0.25, 0.3) is 0 Å². The number of hydrogen-bond acceptors (Lipinski definition) is 2. The summed E-state index contributed by atoms with van der Waals surface area (Å²) in [5, 5.41) is 0. The van der Waals surface area contributed by atoms with E-state index in [4.69, 9.17) is 11.5 Å². The van der Waals surface area contributed by atoms with Gasteiger partial charge in [-0.25, -0.2) is 0 Å². The van der Waals surface area contributed by atoms with Gasteiger partial charge in [-0.05, 0) is 54.4 Å². The van der Waals surface area contributed by atoms with Crippen LogP contribution in [0.4, 0.5) is 0 Å². The van der Waals surface area contributed by atoms with Gasteiger partial charge in [-0.15, -0.1) is 0 Å². The summed E-state index contributed by atoms with van der Waals surface area (Å²) < 4.78 is 0. The molecule has 108 valence electrons. The van der Waals surface area contributed by atoms with Crippen LogP contribution in [0.2, 0.25) is 0 Å². The molecule has 4 N–H and O–H groups in total. The van der Waals surface area contributed by atoms with Crippen LogP contribution >= 0.6 is 0 Å². The van der Waals surface area contributed by atoms with E-state index < -0.39 is 5.66 Å². The summed E-state index contributed by atoms with van der Waals surface area (Å²) in [6.45, 7) is 4.92. The normalized spacial score (nSPS) is 48.5. The Hall–Kier alpha value is -0.860. The summed E-state index contributed by atoms with van der Waals surface area (Å²) in [6.07, 6.45) is 6.09. The number of hydrogen-bond donors (Lipinski definition) is 2. The van der Waals surface area contributed by atoms with Crippen LogP contribution in [0, 0.1) is 16.7 Å². The zero-order valence-corrected chi connectivity index (χ0v) is 12.7. The van der Waals surface area contributed by atoms with Crippen molar-refractivity contribution < 1.29 is 0 Å². The lowest BCUT2D eigenvalue weighted by atomic mass is 9.36. The minimum atomic E-state index is -0.548. The molecular weight excluding hydrogens is 244 g/mol. The second-order valence-electron chi connectivity index (χ2n) is 8.64.